The van der Waals surface area contributed by atoms with E-state index >= 15 is 0 Å². The van der Waals surface area contributed by atoms with Crippen LogP contribution in [0.15, 0.2) is 24.4 Å². The van der Waals surface area contributed by atoms with Crippen molar-refractivity contribution < 1.29 is 5.11 Å². The van der Waals surface area contributed by atoms with Crippen LogP contribution in [-0.2, 0) is 6.42 Å². The Labute approximate surface area is 95.7 Å². The fourth-order valence-corrected chi connectivity index (χ4v) is 1.84. The minimum Gasteiger partial charge on any atom is -0.508 e. The summed E-state index contributed by atoms with van der Waals surface area (Å²) in [5, 5.41) is 10.6. The average molecular weight is 218 g/mol. The van der Waals surface area contributed by atoms with E-state index in [9.17, 15) is 5.11 Å². The predicted molar refractivity (Wildman–Crippen MR) is 66.8 cm³/mol. The third kappa shape index (κ3) is 2.04. The number of aromatic hydroxyl groups is 1. The smallest absolute Gasteiger partial charge is 0.116 e. The van der Waals surface area contributed by atoms with Crippen LogP contribution in [0.25, 0.3) is 10.9 Å². The summed E-state index contributed by atoms with van der Waals surface area (Å²) < 4.78 is 0. The zero-order chi connectivity index (χ0) is 11.7. The molecule has 1 unspecified atom stereocenters. The third-order valence-corrected chi connectivity index (χ3v) is 3.15. The first-order chi connectivity index (χ1) is 7.58. The minimum absolute atomic E-state index is 0.325. The summed E-state index contributed by atoms with van der Waals surface area (Å²) in [7, 11) is 4.16. The number of likely N-dealkylation sites (N-methyl/N-ethyl adjacent to an activating group) is 1. The molecular weight excluding hydrogens is 200 g/mol. The number of hydrogen-bond donors (Lipinski definition) is 2. The van der Waals surface area contributed by atoms with E-state index in [4.69, 9.17) is 0 Å². The Morgan fingerprint density at radius 2 is 2.12 bits per heavy atom. The second-order valence-electron chi connectivity index (χ2n) is 4.56. The van der Waals surface area contributed by atoms with Crippen LogP contribution in [0.5, 0.6) is 5.75 Å². The highest BCUT2D eigenvalue weighted by molar-refractivity contribution is 5.84. The highest BCUT2D eigenvalue weighted by Gasteiger charge is 2.10. The first-order valence-corrected chi connectivity index (χ1v) is 5.53. The maximum absolute atomic E-state index is 9.49. The van der Waals surface area contributed by atoms with Crippen molar-refractivity contribution in [1.82, 2.24) is 9.88 Å². The molecule has 16 heavy (non-hydrogen) atoms. The van der Waals surface area contributed by atoms with E-state index in [0.717, 1.165) is 17.3 Å². The van der Waals surface area contributed by atoms with E-state index < -0.39 is 0 Å². The van der Waals surface area contributed by atoms with E-state index in [-0.39, 0.29) is 0 Å². The summed E-state index contributed by atoms with van der Waals surface area (Å²) in [5.41, 5.74) is 2.34. The standard InChI is InChI=1S/C13H18N2O/c1-9(15(2)3)6-10-8-14-13-5-4-11(16)7-12(10)13/h4-5,7-9,14,16H,6H2,1-3H3. The first-order valence-electron chi connectivity index (χ1n) is 5.53. The highest BCUT2D eigenvalue weighted by Crippen LogP contribution is 2.24. The number of benzene rings is 1. The van der Waals surface area contributed by atoms with Crippen molar-refractivity contribution in [2.45, 2.75) is 19.4 Å². The van der Waals surface area contributed by atoms with Crippen LogP contribution >= 0.6 is 0 Å². The molecule has 0 spiro atoms. The summed E-state index contributed by atoms with van der Waals surface area (Å²) >= 11 is 0. The topological polar surface area (TPSA) is 39.3 Å². The van der Waals surface area contributed by atoms with Crippen molar-refractivity contribution >= 4 is 10.9 Å². The van der Waals surface area contributed by atoms with Gasteiger partial charge in [-0.1, -0.05) is 0 Å². The summed E-state index contributed by atoms with van der Waals surface area (Å²) in [5.74, 6) is 0.325. The lowest BCUT2D eigenvalue weighted by atomic mass is 10.1. The van der Waals surface area contributed by atoms with Crippen molar-refractivity contribution in [3.8, 4) is 5.75 Å². The number of phenols is 1. The van der Waals surface area contributed by atoms with Gasteiger partial charge in [0, 0.05) is 23.1 Å². The number of aromatic amines is 1. The molecule has 0 amide bonds. The number of nitrogens with one attached hydrogen (secondary N) is 1. The molecule has 0 aliphatic rings. The van der Waals surface area contributed by atoms with Crippen LogP contribution in [0.2, 0.25) is 0 Å². The lowest BCUT2D eigenvalue weighted by Gasteiger charge is -2.19. The van der Waals surface area contributed by atoms with E-state index in [0.29, 0.717) is 11.8 Å². The second-order valence-corrected chi connectivity index (χ2v) is 4.56. The number of hydrogen-bond acceptors (Lipinski definition) is 2. The molecule has 0 bridgehead atoms. The van der Waals surface area contributed by atoms with Crippen molar-refractivity contribution in [3.63, 3.8) is 0 Å². The largest absolute Gasteiger partial charge is 0.508 e. The van der Waals surface area contributed by atoms with Gasteiger partial charge < -0.3 is 15.0 Å². The quantitative estimate of drug-likeness (QED) is 0.830. The molecule has 0 saturated carbocycles. The first kappa shape index (κ1) is 11.0. The molecular formula is C13H18N2O. The summed E-state index contributed by atoms with van der Waals surface area (Å²) in [6.07, 6.45) is 3.01. The van der Waals surface area contributed by atoms with Crippen molar-refractivity contribution in [1.29, 1.82) is 0 Å². The summed E-state index contributed by atoms with van der Waals surface area (Å²) in [4.78, 5) is 5.43. The van der Waals surface area contributed by atoms with Gasteiger partial charge in [0.2, 0.25) is 0 Å². The van der Waals surface area contributed by atoms with Crippen LogP contribution in [0, 0.1) is 0 Å². The molecule has 0 radical (unpaired) electrons. The maximum Gasteiger partial charge on any atom is 0.116 e. The minimum atomic E-state index is 0.325. The normalized spacial score (nSPS) is 13.5. The van der Waals surface area contributed by atoms with Gasteiger partial charge >= 0.3 is 0 Å². The zero-order valence-corrected chi connectivity index (χ0v) is 9.99. The molecule has 1 aromatic heterocycles. The van der Waals surface area contributed by atoms with Gasteiger partial charge in [0.1, 0.15) is 5.75 Å². The Morgan fingerprint density at radius 1 is 1.38 bits per heavy atom. The Kier molecular flexibility index (Phi) is 2.88. The molecule has 3 heteroatoms. The summed E-state index contributed by atoms with van der Waals surface area (Å²) in [6.45, 7) is 2.20. The van der Waals surface area contributed by atoms with E-state index in [1.807, 2.05) is 18.3 Å². The van der Waals surface area contributed by atoms with E-state index in [1.54, 1.807) is 6.07 Å². The van der Waals surface area contributed by atoms with Gasteiger partial charge in [-0.25, -0.2) is 0 Å². The van der Waals surface area contributed by atoms with Gasteiger partial charge in [0.05, 0.1) is 0 Å². The van der Waals surface area contributed by atoms with Crippen molar-refractivity contribution in [3.05, 3.63) is 30.0 Å². The molecule has 2 N–H and O–H groups in total. The van der Waals surface area contributed by atoms with E-state index in [1.165, 1.54) is 5.56 Å². The van der Waals surface area contributed by atoms with Crippen molar-refractivity contribution in [2.24, 2.45) is 0 Å². The van der Waals surface area contributed by atoms with E-state index in [2.05, 4.69) is 30.9 Å². The van der Waals surface area contributed by atoms with Gasteiger partial charge in [-0.3, -0.25) is 0 Å². The fraction of sp³-hybridized carbons (Fsp3) is 0.385. The molecule has 2 rings (SSSR count). The molecule has 0 aliphatic heterocycles. The van der Waals surface area contributed by atoms with Crippen LogP contribution in [0.3, 0.4) is 0 Å². The predicted octanol–water partition coefficient (Wildman–Crippen LogP) is 2.37. The molecule has 86 valence electrons. The number of rotatable bonds is 3. The van der Waals surface area contributed by atoms with Gasteiger partial charge in [0.25, 0.3) is 0 Å². The van der Waals surface area contributed by atoms with Crippen LogP contribution in [-0.4, -0.2) is 35.1 Å². The lowest BCUT2D eigenvalue weighted by molar-refractivity contribution is 0.313. The molecule has 1 heterocycles. The van der Waals surface area contributed by atoms with Crippen LogP contribution in [0.4, 0.5) is 0 Å². The third-order valence-electron chi connectivity index (χ3n) is 3.15. The Bertz CT molecular complexity index is 488. The fourth-order valence-electron chi connectivity index (χ4n) is 1.84. The molecule has 0 aliphatic carbocycles. The van der Waals surface area contributed by atoms with Gasteiger partial charge in [-0.05, 0) is 51.2 Å². The number of nitrogens with zero attached hydrogens (tertiary/aromatic N) is 1. The Morgan fingerprint density at radius 3 is 2.81 bits per heavy atom. The Hall–Kier alpha value is -1.48. The van der Waals surface area contributed by atoms with Gasteiger partial charge in [0.15, 0.2) is 0 Å². The second kappa shape index (κ2) is 4.18. The lowest BCUT2D eigenvalue weighted by Crippen LogP contribution is -2.26. The highest BCUT2D eigenvalue weighted by atomic mass is 16.3. The van der Waals surface area contributed by atoms with Crippen LogP contribution < -0.4 is 0 Å². The number of H-pyrrole nitrogens is 1. The summed E-state index contributed by atoms with van der Waals surface area (Å²) in [6, 6.07) is 5.93. The number of fused-ring (bicyclic) bond motifs is 1. The number of phenolic OH excluding ortho intramolecular Hbond substituents is 1. The molecule has 0 saturated heterocycles. The Balaban J connectivity index is 2.34. The van der Waals surface area contributed by atoms with Crippen molar-refractivity contribution in [2.75, 3.05) is 14.1 Å². The maximum atomic E-state index is 9.49. The SMILES string of the molecule is CC(Cc1c[nH]c2ccc(O)cc12)N(C)C. The van der Waals surface area contributed by atoms with Gasteiger partial charge in [-0.15, -0.1) is 0 Å². The van der Waals surface area contributed by atoms with Gasteiger partial charge in [-0.2, -0.15) is 0 Å². The molecule has 1 atom stereocenters. The zero-order valence-electron chi connectivity index (χ0n) is 9.99. The van der Waals surface area contributed by atoms with Crippen LogP contribution in [0.1, 0.15) is 12.5 Å². The monoisotopic (exact) mass is 218 g/mol. The average Bonchev–Trinajstić information content (AvgIpc) is 2.61. The molecule has 2 aromatic rings. The molecule has 1 aromatic carbocycles. The number of aromatic nitrogens is 1. The molecule has 3 nitrogen and oxygen atoms in total. The molecule has 0 fully saturated rings.